The zero-order valence-electron chi connectivity index (χ0n) is 8.91. The summed E-state index contributed by atoms with van der Waals surface area (Å²) < 4.78 is 0. The highest BCUT2D eigenvalue weighted by Crippen LogP contribution is 2.26. The number of nitrogens with zero attached hydrogens (tertiary/aromatic N) is 1. The Morgan fingerprint density at radius 2 is 2.27 bits per heavy atom. The summed E-state index contributed by atoms with van der Waals surface area (Å²) in [4.78, 5) is 4.65. The van der Waals surface area contributed by atoms with E-state index >= 15 is 0 Å². The van der Waals surface area contributed by atoms with Crippen molar-refractivity contribution in [3.8, 4) is 0 Å². The first-order valence-electron chi connectivity index (χ1n) is 5.66. The van der Waals surface area contributed by atoms with E-state index in [-0.39, 0.29) is 6.61 Å². The molecule has 1 aliphatic heterocycles. The molecule has 0 aliphatic carbocycles. The molecule has 2 N–H and O–H groups in total. The predicted molar refractivity (Wildman–Crippen MR) is 62.4 cm³/mol. The maximum Gasteiger partial charge on any atom is 0.0929 e. The first kappa shape index (κ1) is 11.0. The van der Waals surface area contributed by atoms with Crippen LogP contribution in [0.15, 0.2) is 5.38 Å². The Kier molecular flexibility index (Phi) is 4.11. The molecule has 1 aromatic heterocycles. The van der Waals surface area contributed by atoms with Crippen molar-refractivity contribution in [1.29, 1.82) is 0 Å². The average molecular weight is 226 g/mol. The Hall–Kier alpha value is -0.450. The highest BCUT2D eigenvalue weighted by Gasteiger charge is 2.17. The van der Waals surface area contributed by atoms with Crippen molar-refractivity contribution in [3.05, 3.63) is 16.1 Å². The lowest BCUT2D eigenvalue weighted by atomic mass is 9.95. The molecule has 1 fully saturated rings. The van der Waals surface area contributed by atoms with Gasteiger partial charge in [0.15, 0.2) is 0 Å². The van der Waals surface area contributed by atoms with E-state index in [0.717, 1.165) is 25.9 Å². The second-order valence-electron chi connectivity index (χ2n) is 4.02. The van der Waals surface area contributed by atoms with Gasteiger partial charge in [-0.25, -0.2) is 4.98 Å². The molecule has 0 saturated carbocycles. The number of aliphatic hydroxyl groups is 1. The monoisotopic (exact) mass is 226 g/mol. The molecule has 2 heterocycles. The van der Waals surface area contributed by atoms with Crippen LogP contribution in [0.5, 0.6) is 0 Å². The molecule has 1 saturated heterocycles. The van der Waals surface area contributed by atoms with E-state index in [4.69, 9.17) is 5.11 Å². The molecule has 1 aliphatic rings. The number of aryl methyl sites for hydroxylation is 1. The van der Waals surface area contributed by atoms with Gasteiger partial charge in [0.05, 0.1) is 10.7 Å². The molecule has 3 nitrogen and oxygen atoms in total. The molecule has 0 aromatic carbocycles. The summed E-state index contributed by atoms with van der Waals surface area (Å²) in [5.74, 6) is 0.658. The van der Waals surface area contributed by atoms with E-state index in [9.17, 15) is 0 Å². The predicted octanol–water partition coefficient (Wildman–Crippen LogP) is 1.53. The van der Waals surface area contributed by atoms with Crippen molar-refractivity contribution in [2.24, 2.45) is 0 Å². The van der Waals surface area contributed by atoms with Crippen LogP contribution in [-0.4, -0.2) is 29.8 Å². The zero-order chi connectivity index (χ0) is 10.5. The quantitative estimate of drug-likeness (QED) is 0.818. The summed E-state index contributed by atoms with van der Waals surface area (Å²) in [6.45, 7) is 2.50. The van der Waals surface area contributed by atoms with Crippen LogP contribution in [-0.2, 0) is 6.42 Å². The summed E-state index contributed by atoms with van der Waals surface area (Å²) in [6.07, 6.45) is 4.18. The van der Waals surface area contributed by atoms with Crippen molar-refractivity contribution in [3.63, 3.8) is 0 Å². The molecule has 4 heteroatoms. The highest BCUT2D eigenvalue weighted by atomic mass is 32.1. The number of aromatic nitrogens is 1. The lowest BCUT2D eigenvalue weighted by molar-refractivity contribution is 0.288. The molecule has 0 amide bonds. The van der Waals surface area contributed by atoms with Gasteiger partial charge in [-0.1, -0.05) is 0 Å². The van der Waals surface area contributed by atoms with Crippen molar-refractivity contribution in [2.45, 2.75) is 31.6 Å². The summed E-state index contributed by atoms with van der Waals surface area (Å²) in [5.41, 5.74) is 1.27. The largest absolute Gasteiger partial charge is 0.396 e. The standard InChI is InChI=1S/C11H18N2OS/c14-7-1-2-11-13-10(8-15-11)9-3-5-12-6-4-9/h8-9,12,14H,1-7H2. The second kappa shape index (κ2) is 5.58. The zero-order valence-corrected chi connectivity index (χ0v) is 9.72. The van der Waals surface area contributed by atoms with Gasteiger partial charge in [-0.15, -0.1) is 11.3 Å². The lowest BCUT2D eigenvalue weighted by Gasteiger charge is -2.20. The smallest absolute Gasteiger partial charge is 0.0929 e. The number of piperidine rings is 1. The van der Waals surface area contributed by atoms with Crippen LogP contribution in [0.4, 0.5) is 0 Å². The van der Waals surface area contributed by atoms with Crippen LogP contribution >= 0.6 is 11.3 Å². The summed E-state index contributed by atoms with van der Waals surface area (Å²) >= 11 is 1.74. The van der Waals surface area contributed by atoms with E-state index < -0.39 is 0 Å². The molecule has 0 bridgehead atoms. The van der Waals surface area contributed by atoms with Gasteiger partial charge in [-0.3, -0.25) is 0 Å². The van der Waals surface area contributed by atoms with Crippen molar-refractivity contribution >= 4 is 11.3 Å². The summed E-state index contributed by atoms with van der Waals surface area (Å²) in [6, 6.07) is 0. The number of hydrogen-bond donors (Lipinski definition) is 2. The van der Waals surface area contributed by atoms with Gasteiger partial charge >= 0.3 is 0 Å². The topological polar surface area (TPSA) is 45.2 Å². The summed E-state index contributed by atoms with van der Waals surface area (Å²) in [7, 11) is 0. The average Bonchev–Trinajstić information content (AvgIpc) is 2.76. The van der Waals surface area contributed by atoms with Crippen molar-refractivity contribution in [2.75, 3.05) is 19.7 Å². The van der Waals surface area contributed by atoms with Crippen molar-refractivity contribution < 1.29 is 5.11 Å². The number of aliphatic hydroxyl groups excluding tert-OH is 1. The molecule has 1 aromatic rings. The van der Waals surface area contributed by atoms with Crippen LogP contribution in [0, 0.1) is 0 Å². The van der Waals surface area contributed by atoms with E-state index in [1.807, 2.05) is 0 Å². The van der Waals surface area contributed by atoms with Crippen LogP contribution in [0.25, 0.3) is 0 Å². The first-order valence-corrected chi connectivity index (χ1v) is 6.54. The Morgan fingerprint density at radius 3 is 3.00 bits per heavy atom. The maximum atomic E-state index is 8.75. The molecule has 0 unspecified atom stereocenters. The van der Waals surface area contributed by atoms with Gasteiger partial charge in [0, 0.05) is 24.3 Å². The van der Waals surface area contributed by atoms with Gasteiger partial charge in [-0.2, -0.15) is 0 Å². The van der Waals surface area contributed by atoms with Crippen LogP contribution in [0.2, 0.25) is 0 Å². The van der Waals surface area contributed by atoms with E-state index in [1.165, 1.54) is 23.5 Å². The number of hydrogen-bond acceptors (Lipinski definition) is 4. The van der Waals surface area contributed by atoms with Gasteiger partial charge in [0.2, 0.25) is 0 Å². The fourth-order valence-electron chi connectivity index (χ4n) is 1.98. The molecule has 0 spiro atoms. The van der Waals surface area contributed by atoms with E-state index in [0.29, 0.717) is 5.92 Å². The second-order valence-corrected chi connectivity index (χ2v) is 4.96. The van der Waals surface area contributed by atoms with E-state index in [1.54, 1.807) is 11.3 Å². The van der Waals surface area contributed by atoms with Crippen LogP contribution in [0.3, 0.4) is 0 Å². The summed E-state index contributed by atoms with van der Waals surface area (Å²) in [5, 5.41) is 15.5. The Morgan fingerprint density at radius 1 is 1.47 bits per heavy atom. The Bertz CT molecular complexity index is 295. The minimum atomic E-state index is 0.266. The molecule has 15 heavy (non-hydrogen) atoms. The van der Waals surface area contributed by atoms with Gasteiger partial charge in [0.1, 0.15) is 0 Å². The third-order valence-corrected chi connectivity index (χ3v) is 3.80. The third kappa shape index (κ3) is 3.00. The number of nitrogens with one attached hydrogen (secondary N) is 1. The van der Waals surface area contributed by atoms with Crippen LogP contribution < -0.4 is 5.32 Å². The van der Waals surface area contributed by atoms with Crippen LogP contribution in [0.1, 0.15) is 35.9 Å². The fourth-order valence-corrected chi connectivity index (χ4v) is 2.90. The maximum absolute atomic E-state index is 8.75. The molecular weight excluding hydrogens is 208 g/mol. The molecule has 2 rings (SSSR count). The van der Waals surface area contributed by atoms with Gasteiger partial charge in [-0.05, 0) is 32.4 Å². The minimum Gasteiger partial charge on any atom is -0.396 e. The fraction of sp³-hybridized carbons (Fsp3) is 0.727. The van der Waals surface area contributed by atoms with Gasteiger partial charge < -0.3 is 10.4 Å². The SMILES string of the molecule is OCCCc1nc(C2CCNCC2)cs1. The normalized spacial score (nSPS) is 18.2. The van der Waals surface area contributed by atoms with Gasteiger partial charge in [0.25, 0.3) is 0 Å². The number of thiazole rings is 1. The van der Waals surface area contributed by atoms with E-state index in [2.05, 4.69) is 15.7 Å². The molecule has 0 radical (unpaired) electrons. The lowest BCUT2D eigenvalue weighted by Crippen LogP contribution is -2.26. The Labute approximate surface area is 94.5 Å². The third-order valence-electron chi connectivity index (χ3n) is 2.88. The molecule has 84 valence electrons. The van der Waals surface area contributed by atoms with Crippen molar-refractivity contribution in [1.82, 2.24) is 10.3 Å². The Balaban J connectivity index is 1.93. The first-order chi connectivity index (χ1) is 7.40. The minimum absolute atomic E-state index is 0.266. The highest BCUT2D eigenvalue weighted by molar-refractivity contribution is 7.09. The number of rotatable bonds is 4. The molecule has 0 atom stereocenters. The molecular formula is C11H18N2OS.